The Bertz CT molecular complexity index is 1020. The maximum atomic E-state index is 13.1. The lowest BCUT2D eigenvalue weighted by atomic mass is 10.0. The summed E-state index contributed by atoms with van der Waals surface area (Å²) >= 11 is 1.36. The molecule has 15 heteroatoms. The highest BCUT2D eigenvalue weighted by molar-refractivity contribution is 7.98. The fourth-order valence-corrected chi connectivity index (χ4v) is 3.86. The Labute approximate surface area is 229 Å². The summed E-state index contributed by atoms with van der Waals surface area (Å²) in [6, 6.07) is 0.937. The van der Waals surface area contributed by atoms with E-state index in [0.717, 1.165) is 0 Å². The molecule has 4 amide bonds. The average molecular weight is 570 g/mol. The van der Waals surface area contributed by atoms with E-state index in [9.17, 15) is 39.0 Å². The predicted octanol–water partition coefficient (Wildman–Crippen LogP) is -1.32. The zero-order valence-corrected chi connectivity index (χ0v) is 22.2. The van der Waals surface area contributed by atoms with Crippen LogP contribution in [0.1, 0.15) is 37.7 Å². The molecule has 0 fully saturated rings. The first-order chi connectivity index (χ1) is 18.3. The number of nitrogens with two attached hydrogens (primary N) is 2. The summed E-state index contributed by atoms with van der Waals surface area (Å²) in [7, 11) is 0. The predicted molar refractivity (Wildman–Crippen MR) is 142 cm³/mol. The fraction of sp³-hybridized carbons (Fsp3) is 0.500. The number of carboxylic acids is 2. The molecule has 1 aromatic carbocycles. The van der Waals surface area contributed by atoms with E-state index in [1.165, 1.54) is 23.9 Å². The third-order valence-electron chi connectivity index (χ3n) is 5.55. The second kappa shape index (κ2) is 16.9. The number of carboxylic acid groups (broad SMARTS) is 2. The fourth-order valence-electron chi connectivity index (χ4n) is 3.39. The molecule has 216 valence electrons. The van der Waals surface area contributed by atoms with Crippen molar-refractivity contribution in [3.8, 4) is 5.75 Å². The summed E-state index contributed by atoms with van der Waals surface area (Å²) in [4.78, 5) is 72.3. The van der Waals surface area contributed by atoms with E-state index in [0.29, 0.717) is 11.3 Å². The van der Waals surface area contributed by atoms with Gasteiger partial charge in [0.15, 0.2) is 0 Å². The second-order valence-corrected chi connectivity index (χ2v) is 9.70. The minimum absolute atomic E-state index is 0.0385. The Morgan fingerprint density at radius 2 is 1.33 bits per heavy atom. The zero-order valence-electron chi connectivity index (χ0n) is 21.4. The van der Waals surface area contributed by atoms with Crippen molar-refractivity contribution in [1.82, 2.24) is 16.0 Å². The van der Waals surface area contributed by atoms with E-state index in [1.807, 2.05) is 0 Å². The van der Waals surface area contributed by atoms with Crippen LogP contribution in [0.15, 0.2) is 24.3 Å². The number of phenols is 1. The number of nitrogens with one attached hydrogen (secondary N) is 3. The van der Waals surface area contributed by atoms with E-state index in [4.69, 9.17) is 16.6 Å². The largest absolute Gasteiger partial charge is 0.508 e. The first-order valence-electron chi connectivity index (χ1n) is 12.0. The van der Waals surface area contributed by atoms with Gasteiger partial charge in [-0.05, 0) is 55.4 Å². The van der Waals surface area contributed by atoms with Gasteiger partial charge in [0.1, 0.15) is 23.9 Å². The molecule has 0 radical (unpaired) electrons. The van der Waals surface area contributed by atoms with Crippen molar-refractivity contribution in [1.29, 1.82) is 0 Å². The van der Waals surface area contributed by atoms with E-state index in [-0.39, 0.29) is 37.9 Å². The minimum Gasteiger partial charge on any atom is -0.508 e. The van der Waals surface area contributed by atoms with E-state index in [2.05, 4.69) is 16.0 Å². The molecule has 14 nitrogen and oxygen atoms in total. The molecule has 0 heterocycles. The topological polar surface area (TPSA) is 251 Å². The molecule has 0 aliphatic heterocycles. The van der Waals surface area contributed by atoms with Crippen LogP contribution in [0.25, 0.3) is 0 Å². The molecule has 0 aliphatic rings. The summed E-state index contributed by atoms with van der Waals surface area (Å²) in [5, 5.41) is 34.7. The maximum Gasteiger partial charge on any atom is 0.326 e. The van der Waals surface area contributed by atoms with Gasteiger partial charge in [0.2, 0.25) is 23.6 Å². The van der Waals surface area contributed by atoms with Gasteiger partial charge in [-0.25, -0.2) is 4.79 Å². The average Bonchev–Trinajstić information content (AvgIpc) is 2.87. The van der Waals surface area contributed by atoms with Gasteiger partial charge in [0, 0.05) is 12.8 Å². The molecular weight excluding hydrogens is 534 g/mol. The number of hydrogen-bond acceptors (Lipinski definition) is 9. The number of benzene rings is 1. The quantitative estimate of drug-likeness (QED) is 0.103. The Kier molecular flexibility index (Phi) is 14.4. The summed E-state index contributed by atoms with van der Waals surface area (Å²) in [5.74, 6) is -5.34. The van der Waals surface area contributed by atoms with Crippen molar-refractivity contribution in [2.45, 2.75) is 62.7 Å². The van der Waals surface area contributed by atoms with Crippen LogP contribution in [0.3, 0.4) is 0 Å². The van der Waals surface area contributed by atoms with Gasteiger partial charge < -0.3 is 42.7 Å². The smallest absolute Gasteiger partial charge is 0.326 e. The van der Waals surface area contributed by atoms with Crippen LogP contribution in [0.2, 0.25) is 0 Å². The van der Waals surface area contributed by atoms with Gasteiger partial charge in [0.05, 0.1) is 6.04 Å². The molecule has 0 aliphatic carbocycles. The lowest BCUT2D eigenvalue weighted by Gasteiger charge is -2.25. The SMILES string of the molecule is CSCCC(NC(=O)C(CCC(N)=O)NC(=O)C(N)Cc1ccc(O)cc1)C(=O)NC(CCC(=O)O)C(=O)O. The third kappa shape index (κ3) is 13.0. The van der Waals surface area contributed by atoms with Crippen molar-refractivity contribution in [3.63, 3.8) is 0 Å². The Hall–Kier alpha value is -3.85. The van der Waals surface area contributed by atoms with Crippen LogP contribution >= 0.6 is 11.8 Å². The standard InChI is InChI=1S/C24H35N5O9S/c1-39-11-10-17(23(36)29-18(24(37)38)7-9-20(32)33)28-22(35)16(6-8-19(26)31)27-21(34)15(25)12-13-2-4-14(30)5-3-13/h2-5,15-18,30H,6-12,25H2,1H3,(H2,26,31)(H,27,34)(H,28,35)(H,29,36)(H,32,33)(H,37,38). The zero-order chi connectivity index (χ0) is 29.5. The summed E-state index contributed by atoms with van der Waals surface area (Å²) in [6.07, 6.45) is 0.633. The number of carbonyl (C=O) groups is 6. The molecule has 4 unspecified atom stereocenters. The van der Waals surface area contributed by atoms with Gasteiger partial charge in [0.25, 0.3) is 0 Å². The summed E-state index contributed by atoms with van der Waals surface area (Å²) in [6.45, 7) is 0. The Morgan fingerprint density at radius 1 is 0.821 bits per heavy atom. The van der Waals surface area contributed by atoms with Crippen LogP contribution in [0, 0.1) is 0 Å². The molecule has 10 N–H and O–H groups in total. The molecule has 4 atom stereocenters. The van der Waals surface area contributed by atoms with E-state index < -0.39 is 66.2 Å². The van der Waals surface area contributed by atoms with Crippen LogP contribution in [-0.2, 0) is 35.2 Å². The maximum absolute atomic E-state index is 13.1. The number of primary amides is 1. The number of amides is 4. The third-order valence-corrected chi connectivity index (χ3v) is 6.19. The lowest BCUT2D eigenvalue weighted by Crippen LogP contribution is -2.57. The van der Waals surface area contributed by atoms with Gasteiger partial charge in [-0.15, -0.1) is 0 Å². The highest BCUT2D eigenvalue weighted by Gasteiger charge is 2.30. The molecule has 0 bridgehead atoms. The molecule has 0 saturated heterocycles. The van der Waals surface area contributed by atoms with Gasteiger partial charge >= 0.3 is 11.9 Å². The van der Waals surface area contributed by atoms with Crippen molar-refractivity contribution < 1.29 is 44.1 Å². The number of aliphatic carboxylic acids is 2. The highest BCUT2D eigenvalue weighted by Crippen LogP contribution is 2.11. The van der Waals surface area contributed by atoms with Gasteiger partial charge in [-0.1, -0.05) is 12.1 Å². The number of thioether (sulfide) groups is 1. The number of carbonyl (C=O) groups excluding carboxylic acids is 4. The first-order valence-corrected chi connectivity index (χ1v) is 13.4. The van der Waals surface area contributed by atoms with Gasteiger partial charge in [-0.3, -0.25) is 24.0 Å². The molecule has 0 saturated carbocycles. The summed E-state index contributed by atoms with van der Waals surface area (Å²) in [5.41, 5.74) is 11.8. The molecule has 0 spiro atoms. The Morgan fingerprint density at radius 3 is 1.85 bits per heavy atom. The first kappa shape index (κ1) is 33.2. The number of hydrogen-bond donors (Lipinski definition) is 8. The van der Waals surface area contributed by atoms with Crippen LogP contribution in [0.4, 0.5) is 0 Å². The monoisotopic (exact) mass is 569 g/mol. The molecule has 1 rings (SSSR count). The number of phenolic OH excluding ortho intramolecular Hbond substituents is 1. The van der Waals surface area contributed by atoms with Crippen LogP contribution < -0.4 is 27.4 Å². The van der Waals surface area contributed by atoms with Crippen molar-refractivity contribution in [3.05, 3.63) is 29.8 Å². The van der Waals surface area contributed by atoms with Crippen LogP contribution in [-0.4, -0.2) is 87.1 Å². The Balaban J connectivity index is 2.98. The molecule has 39 heavy (non-hydrogen) atoms. The van der Waals surface area contributed by atoms with Crippen molar-refractivity contribution >= 4 is 47.3 Å². The lowest BCUT2D eigenvalue weighted by molar-refractivity contribution is -0.143. The normalized spacial score (nSPS) is 13.8. The molecule has 1 aromatic rings. The van der Waals surface area contributed by atoms with Crippen LogP contribution in [0.5, 0.6) is 5.75 Å². The van der Waals surface area contributed by atoms with E-state index >= 15 is 0 Å². The second-order valence-electron chi connectivity index (χ2n) is 8.72. The molecular formula is C24H35N5O9S. The summed E-state index contributed by atoms with van der Waals surface area (Å²) < 4.78 is 0. The number of rotatable bonds is 18. The van der Waals surface area contributed by atoms with Crippen molar-refractivity contribution in [2.75, 3.05) is 12.0 Å². The van der Waals surface area contributed by atoms with Gasteiger partial charge in [-0.2, -0.15) is 11.8 Å². The van der Waals surface area contributed by atoms with Crippen molar-refractivity contribution in [2.24, 2.45) is 11.5 Å². The highest BCUT2D eigenvalue weighted by atomic mass is 32.2. The molecule has 0 aromatic heterocycles. The minimum atomic E-state index is -1.49. The number of aromatic hydroxyl groups is 1. The van der Waals surface area contributed by atoms with E-state index in [1.54, 1.807) is 18.4 Å².